The van der Waals surface area contributed by atoms with Crippen LogP contribution in [0.1, 0.15) is 38.5 Å². The van der Waals surface area contributed by atoms with Gasteiger partial charge in [0.25, 0.3) is 0 Å². The zero-order chi connectivity index (χ0) is 22.3. The molecule has 4 rings (SSSR count). The summed E-state index contributed by atoms with van der Waals surface area (Å²) >= 11 is 6.21. The zero-order valence-corrected chi connectivity index (χ0v) is 18.8. The van der Waals surface area contributed by atoms with Gasteiger partial charge in [0.05, 0.1) is 30.3 Å². The zero-order valence-electron chi connectivity index (χ0n) is 18.0. The molecule has 1 amide bonds. The second-order valence-electron chi connectivity index (χ2n) is 7.59. The summed E-state index contributed by atoms with van der Waals surface area (Å²) in [6, 6.07) is 15.0. The van der Waals surface area contributed by atoms with Crippen molar-refractivity contribution in [1.29, 1.82) is 0 Å². The first-order valence-corrected chi connectivity index (χ1v) is 11.2. The third-order valence-electron chi connectivity index (χ3n) is 5.12. The Kier molecular flexibility index (Phi) is 7.27. The Labute approximate surface area is 192 Å². The SMILES string of the molecule is CCOc1ccc(OCCCC(=O)N(Cc2nnc(-c3ccccc3Cl)o2)C2CC2)cc1. The fourth-order valence-electron chi connectivity index (χ4n) is 3.37. The average Bonchev–Trinajstić information content (AvgIpc) is 3.54. The molecule has 1 aliphatic carbocycles. The number of hydrogen-bond acceptors (Lipinski definition) is 6. The van der Waals surface area contributed by atoms with Gasteiger partial charge in [0, 0.05) is 12.5 Å². The summed E-state index contributed by atoms with van der Waals surface area (Å²) in [6.45, 7) is 3.35. The van der Waals surface area contributed by atoms with E-state index in [1.807, 2.05) is 54.3 Å². The Morgan fingerprint density at radius 3 is 2.50 bits per heavy atom. The van der Waals surface area contributed by atoms with Crippen molar-refractivity contribution in [3.8, 4) is 23.0 Å². The van der Waals surface area contributed by atoms with Gasteiger partial charge in [-0.05, 0) is 62.6 Å². The average molecular weight is 456 g/mol. The highest BCUT2D eigenvalue weighted by Gasteiger charge is 2.33. The Bertz CT molecular complexity index is 1030. The summed E-state index contributed by atoms with van der Waals surface area (Å²) in [5.74, 6) is 2.41. The van der Waals surface area contributed by atoms with E-state index in [1.165, 1.54) is 0 Å². The number of carbonyl (C=O) groups excluding carboxylic acids is 1. The van der Waals surface area contributed by atoms with Crippen LogP contribution in [0.3, 0.4) is 0 Å². The molecule has 7 nitrogen and oxygen atoms in total. The van der Waals surface area contributed by atoms with E-state index in [2.05, 4.69) is 10.2 Å². The van der Waals surface area contributed by atoms with Gasteiger partial charge in [-0.1, -0.05) is 23.7 Å². The van der Waals surface area contributed by atoms with E-state index in [0.717, 1.165) is 24.3 Å². The number of carbonyl (C=O) groups is 1. The number of ether oxygens (including phenoxy) is 2. The predicted molar refractivity (Wildman–Crippen MR) is 121 cm³/mol. The second kappa shape index (κ2) is 10.5. The molecule has 1 aliphatic rings. The lowest BCUT2D eigenvalue weighted by Gasteiger charge is -2.20. The smallest absolute Gasteiger partial charge is 0.249 e. The highest BCUT2D eigenvalue weighted by Crippen LogP contribution is 2.30. The van der Waals surface area contributed by atoms with Crippen molar-refractivity contribution < 1.29 is 18.7 Å². The predicted octanol–water partition coefficient (Wildman–Crippen LogP) is 5.14. The van der Waals surface area contributed by atoms with Gasteiger partial charge >= 0.3 is 0 Å². The quantitative estimate of drug-likeness (QED) is 0.372. The van der Waals surface area contributed by atoms with Crippen LogP contribution >= 0.6 is 11.6 Å². The van der Waals surface area contributed by atoms with Crippen LogP contribution in [0.5, 0.6) is 11.5 Å². The van der Waals surface area contributed by atoms with Gasteiger partial charge in [-0.15, -0.1) is 10.2 Å². The summed E-state index contributed by atoms with van der Waals surface area (Å²) in [4.78, 5) is 14.7. The number of aromatic nitrogens is 2. The van der Waals surface area contributed by atoms with Crippen molar-refractivity contribution in [3.05, 3.63) is 59.4 Å². The van der Waals surface area contributed by atoms with Gasteiger partial charge in [-0.2, -0.15) is 0 Å². The first kappa shape index (κ1) is 22.1. The number of rotatable bonds is 11. The minimum atomic E-state index is 0.0697. The number of benzene rings is 2. The molecule has 8 heteroatoms. The number of nitrogens with zero attached hydrogens (tertiary/aromatic N) is 3. The lowest BCUT2D eigenvalue weighted by molar-refractivity contribution is -0.133. The van der Waals surface area contributed by atoms with Crippen molar-refractivity contribution >= 4 is 17.5 Å². The van der Waals surface area contributed by atoms with Crippen LogP contribution in [-0.2, 0) is 11.3 Å². The number of halogens is 1. The number of amides is 1. The monoisotopic (exact) mass is 455 g/mol. The molecule has 32 heavy (non-hydrogen) atoms. The van der Waals surface area contributed by atoms with Gasteiger partial charge < -0.3 is 18.8 Å². The molecular formula is C24H26ClN3O4. The fourth-order valence-corrected chi connectivity index (χ4v) is 3.59. The first-order chi connectivity index (χ1) is 15.6. The van der Waals surface area contributed by atoms with Gasteiger partial charge in [-0.25, -0.2) is 0 Å². The molecule has 1 aromatic heterocycles. The Morgan fingerprint density at radius 1 is 1.09 bits per heavy atom. The van der Waals surface area contributed by atoms with Crippen LogP contribution in [0.25, 0.3) is 11.5 Å². The van der Waals surface area contributed by atoms with E-state index in [4.69, 9.17) is 25.5 Å². The normalized spacial score (nSPS) is 13.1. The van der Waals surface area contributed by atoms with Crippen molar-refractivity contribution in [2.75, 3.05) is 13.2 Å². The maximum atomic E-state index is 12.8. The Balaban J connectivity index is 1.28. The molecule has 3 aromatic rings. The van der Waals surface area contributed by atoms with Crippen LogP contribution in [0.2, 0.25) is 5.02 Å². The first-order valence-electron chi connectivity index (χ1n) is 10.9. The third kappa shape index (κ3) is 5.79. The molecule has 1 fully saturated rings. The summed E-state index contributed by atoms with van der Waals surface area (Å²) in [6.07, 6.45) is 3.03. The molecule has 0 N–H and O–H groups in total. The summed E-state index contributed by atoms with van der Waals surface area (Å²) < 4.78 is 17.0. The Morgan fingerprint density at radius 2 is 1.81 bits per heavy atom. The lowest BCUT2D eigenvalue weighted by atomic mass is 10.2. The van der Waals surface area contributed by atoms with Crippen LogP contribution in [0, 0.1) is 0 Å². The molecular weight excluding hydrogens is 430 g/mol. The van der Waals surface area contributed by atoms with E-state index in [1.54, 1.807) is 6.07 Å². The van der Waals surface area contributed by atoms with Crippen LogP contribution in [0.15, 0.2) is 52.9 Å². The fraction of sp³-hybridized carbons (Fsp3) is 0.375. The minimum Gasteiger partial charge on any atom is -0.494 e. The maximum Gasteiger partial charge on any atom is 0.249 e. The van der Waals surface area contributed by atoms with Crippen LogP contribution in [0.4, 0.5) is 0 Å². The lowest BCUT2D eigenvalue weighted by Crippen LogP contribution is -2.32. The largest absolute Gasteiger partial charge is 0.494 e. The van der Waals surface area contributed by atoms with Gasteiger partial charge in [0.15, 0.2) is 0 Å². The van der Waals surface area contributed by atoms with E-state index >= 15 is 0 Å². The standard InChI is InChI=1S/C24H26ClN3O4/c1-2-30-18-11-13-19(14-12-18)31-15-5-8-23(29)28(17-9-10-17)16-22-26-27-24(32-22)20-6-3-4-7-21(20)25/h3-4,6-7,11-14,17H,2,5,8-10,15-16H2,1H3. The van der Waals surface area contributed by atoms with E-state index in [9.17, 15) is 4.79 Å². The molecule has 0 saturated heterocycles. The van der Waals surface area contributed by atoms with E-state index in [-0.39, 0.29) is 11.9 Å². The third-order valence-corrected chi connectivity index (χ3v) is 5.45. The summed E-state index contributed by atoms with van der Waals surface area (Å²) in [7, 11) is 0. The molecule has 0 bridgehead atoms. The highest BCUT2D eigenvalue weighted by molar-refractivity contribution is 6.33. The molecule has 0 atom stereocenters. The molecule has 0 unspecified atom stereocenters. The van der Waals surface area contributed by atoms with E-state index < -0.39 is 0 Å². The van der Waals surface area contributed by atoms with Crippen molar-refractivity contribution in [1.82, 2.24) is 15.1 Å². The van der Waals surface area contributed by atoms with Crippen molar-refractivity contribution in [2.24, 2.45) is 0 Å². The highest BCUT2D eigenvalue weighted by atomic mass is 35.5. The molecule has 1 saturated carbocycles. The van der Waals surface area contributed by atoms with Crippen molar-refractivity contribution in [2.45, 2.75) is 45.2 Å². The number of hydrogen-bond donors (Lipinski definition) is 0. The molecule has 0 aliphatic heterocycles. The van der Waals surface area contributed by atoms with Gasteiger partial charge in [-0.3, -0.25) is 4.79 Å². The Hall–Kier alpha value is -3.06. The molecule has 0 radical (unpaired) electrons. The van der Waals surface area contributed by atoms with Gasteiger partial charge in [0.2, 0.25) is 17.7 Å². The van der Waals surface area contributed by atoms with Crippen molar-refractivity contribution in [3.63, 3.8) is 0 Å². The second-order valence-corrected chi connectivity index (χ2v) is 8.00. The molecule has 168 valence electrons. The molecule has 2 aromatic carbocycles. The van der Waals surface area contributed by atoms with Crippen LogP contribution < -0.4 is 9.47 Å². The van der Waals surface area contributed by atoms with E-state index in [0.29, 0.717) is 55.0 Å². The van der Waals surface area contributed by atoms with Gasteiger partial charge in [0.1, 0.15) is 11.5 Å². The minimum absolute atomic E-state index is 0.0697. The molecule has 0 spiro atoms. The maximum absolute atomic E-state index is 12.8. The summed E-state index contributed by atoms with van der Waals surface area (Å²) in [5.41, 5.74) is 0.684. The summed E-state index contributed by atoms with van der Waals surface area (Å²) in [5, 5.41) is 8.76. The topological polar surface area (TPSA) is 77.7 Å². The van der Waals surface area contributed by atoms with Crippen LogP contribution in [-0.4, -0.2) is 40.3 Å². The molecule has 1 heterocycles.